The number of carboxylic acids is 1. The van der Waals surface area contributed by atoms with E-state index >= 15 is 0 Å². The van der Waals surface area contributed by atoms with Gasteiger partial charge in [0, 0.05) is 0 Å². The minimum atomic E-state index is -4.56. The van der Waals surface area contributed by atoms with Gasteiger partial charge in [0.25, 0.3) is 0 Å². The molecular weight excluding hydrogens is 561 g/mol. The molecule has 26 heavy (non-hydrogen) atoms. The number of hydrogen-bond donors (Lipinski definition) is 5. The van der Waals surface area contributed by atoms with E-state index in [9.17, 15) is 34.5 Å². The number of aliphatic hydroxyl groups excluding tert-OH is 3. The second-order valence-electron chi connectivity index (χ2n) is 5.22. The average molecular weight is 574 g/mol. The minimum absolute atomic E-state index is 0.710. The van der Waals surface area contributed by atoms with Crippen LogP contribution in [0.5, 0.6) is 0 Å². The Balaban J connectivity index is 2.21. The molecule has 0 spiro atoms. The summed E-state index contributed by atoms with van der Waals surface area (Å²) in [6, 6.07) is 0. The number of ether oxygens (including phenoxy) is 1. The van der Waals surface area contributed by atoms with Crippen LogP contribution in [0, 0.1) is 0 Å². The van der Waals surface area contributed by atoms with Gasteiger partial charge in [-0.05, 0) is 0 Å². The van der Waals surface area contributed by atoms with Crippen molar-refractivity contribution in [3.63, 3.8) is 0 Å². The van der Waals surface area contributed by atoms with E-state index in [1.165, 1.54) is 0 Å². The fourth-order valence-corrected chi connectivity index (χ4v) is 5.89. The summed E-state index contributed by atoms with van der Waals surface area (Å²) in [5.74, 6) is -7.34. The Morgan fingerprint density at radius 1 is 1.35 bits per heavy atom. The molecular formula is C12H13BiO13. The molecule has 0 aromatic carbocycles. The molecule has 0 aromatic heterocycles. The Kier molecular flexibility index (Phi) is 6.01. The van der Waals surface area contributed by atoms with Gasteiger partial charge >= 0.3 is 154 Å². The second-order valence-corrected chi connectivity index (χ2v) is 9.09. The molecule has 13 nitrogen and oxygen atoms in total. The van der Waals surface area contributed by atoms with Crippen molar-refractivity contribution in [3.8, 4) is 0 Å². The van der Waals surface area contributed by atoms with Crippen LogP contribution in [0.4, 0.5) is 0 Å². The average Bonchev–Trinajstić information content (AvgIpc) is 2.75. The van der Waals surface area contributed by atoms with Gasteiger partial charge in [-0.3, -0.25) is 0 Å². The molecule has 0 aromatic rings. The Bertz CT molecular complexity index is 672. The zero-order chi connectivity index (χ0) is 19.6. The Hall–Kier alpha value is -2.02. The predicted molar refractivity (Wildman–Crippen MR) is 73.5 cm³/mol. The molecule has 0 bridgehead atoms. The summed E-state index contributed by atoms with van der Waals surface area (Å²) in [4.78, 5) is 45.8. The number of hydrogen-bond acceptors (Lipinski definition) is 12. The van der Waals surface area contributed by atoms with E-state index in [1.54, 1.807) is 0 Å². The molecule has 2 rings (SSSR count). The zero-order valence-electron chi connectivity index (χ0n) is 12.7. The van der Waals surface area contributed by atoms with Crippen LogP contribution < -0.4 is 0 Å². The predicted octanol–water partition coefficient (Wildman–Crippen LogP) is -3.27. The van der Waals surface area contributed by atoms with Crippen LogP contribution in [-0.2, 0) is 32.4 Å². The molecule has 2 aliphatic heterocycles. The maximum atomic E-state index is 12.0. The van der Waals surface area contributed by atoms with Crippen molar-refractivity contribution in [2.24, 2.45) is 0 Å². The number of carbonyl (C=O) groups is 4. The van der Waals surface area contributed by atoms with Crippen molar-refractivity contribution in [1.82, 2.24) is 0 Å². The number of cyclic esters (lactones) is 1. The van der Waals surface area contributed by atoms with Crippen LogP contribution in [0.15, 0.2) is 11.5 Å². The van der Waals surface area contributed by atoms with Crippen molar-refractivity contribution < 1.29 is 57.9 Å². The first-order chi connectivity index (χ1) is 12.1. The maximum absolute atomic E-state index is 12.0. The third-order valence-electron chi connectivity index (χ3n) is 3.22. The van der Waals surface area contributed by atoms with Gasteiger partial charge in [-0.2, -0.15) is 0 Å². The number of rotatable bonds is 6. The molecule has 0 amide bonds. The first-order valence-corrected chi connectivity index (χ1v) is 11.1. The van der Waals surface area contributed by atoms with Gasteiger partial charge in [-0.25, -0.2) is 0 Å². The van der Waals surface area contributed by atoms with Crippen molar-refractivity contribution in [1.29, 1.82) is 0 Å². The van der Waals surface area contributed by atoms with E-state index in [0.29, 0.717) is 0 Å². The number of esters is 1. The van der Waals surface area contributed by atoms with E-state index in [2.05, 4.69) is 4.74 Å². The number of aliphatic carboxylic acids is 1. The van der Waals surface area contributed by atoms with E-state index < -0.39 is 95.7 Å². The van der Waals surface area contributed by atoms with Crippen molar-refractivity contribution in [2.45, 2.75) is 30.7 Å². The molecule has 0 saturated carbocycles. The summed E-state index contributed by atoms with van der Waals surface area (Å²) < 4.78 is 19.1. The third-order valence-corrected chi connectivity index (χ3v) is 7.16. The van der Waals surface area contributed by atoms with E-state index in [0.717, 1.165) is 0 Å². The van der Waals surface area contributed by atoms with Gasteiger partial charge in [-0.15, -0.1) is 0 Å². The fraction of sp³-hybridized carbons (Fsp3) is 0.500. The number of carbonyl (C=O) groups excluding carboxylic acids is 3. The number of aliphatic hydroxyl groups is 4. The van der Waals surface area contributed by atoms with Gasteiger partial charge in [-0.1, -0.05) is 0 Å². The molecule has 144 valence electrons. The fourth-order valence-electron chi connectivity index (χ4n) is 2.00. The summed E-state index contributed by atoms with van der Waals surface area (Å²) >= 11 is -4.56. The standard InChI is InChI=1S/C6H8O7.C6H8O6.Bi/c7-3(8)1-6(13,5(11)12)2-4(9)10;7-1-2(8)5-3(9)4(10)6(11)12-5;/h13H,1-2H2,(H,7,8)(H,9,10)(H,11,12);2,5,7-10H,1H2;/q;;+3/p-3/t;2-,5+;/m.0./s1. The summed E-state index contributed by atoms with van der Waals surface area (Å²) in [7, 11) is 0. The van der Waals surface area contributed by atoms with Crippen molar-refractivity contribution in [2.75, 3.05) is 6.61 Å². The first-order valence-electron chi connectivity index (χ1n) is 6.86. The molecule has 1 saturated heterocycles. The summed E-state index contributed by atoms with van der Waals surface area (Å²) in [5, 5.41) is 46.9. The van der Waals surface area contributed by atoms with Gasteiger partial charge in [0.2, 0.25) is 0 Å². The van der Waals surface area contributed by atoms with Crippen LogP contribution in [0.3, 0.4) is 0 Å². The summed E-state index contributed by atoms with van der Waals surface area (Å²) in [6.45, 7) is -0.879. The molecule has 0 aliphatic carbocycles. The monoisotopic (exact) mass is 574 g/mol. The van der Waals surface area contributed by atoms with Crippen LogP contribution in [0.2, 0.25) is 0 Å². The second kappa shape index (κ2) is 7.70. The van der Waals surface area contributed by atoms with Crippen molar-refractivity contribution >= 4 is 46.9 Å². The van der Waals surface area contributed by atoms with Crippen LogP contribution in [-0.4, -0.2) is 96.9 Å². The van der Waals surface area contributed by atoms with E-state index in [4.69, 9.17) is 18.7 Å². The molecule has 0 radical (unpaired) electrons. The molecule has 14 heteroatoms. The van der Waals surface area contributed by atoms with Gasteiger partial charge < -0.3 is 0 Å². The molecule has 2 aliphatic rings. The summed E-state index contributed by atoms with van der Waals surface area (Å²) in [5.41, 5.74) is -2.67. The van der Waals surface area contributed by atoms with Crippen molar-refractivity contribution in [3.05, 3.63) is 11.5 Å². The normalized spacial score (nSPS) is 28.1. The topological polar surface area (TPSA) is 206 Å². The van der Waals surface area contributed by atoms with E-state index in [-0.39, 0.29) is 0 Å². The van der Waals surface area contributed by atoms with Crippen LogP contribution >= 0.6 is 0 Å². The first kappa shape index (κ1) is 20.3. The van der Waals surface area contributed by atoms with Crippen LogP contribution in [0.25, 0.3) is 0 Å². The molecule has 1 fully saturated rings. The van der Waals surface area contributed by atoms with Gasteiger partial charge in [0.15, 0.2) is 0 Å². The Morgan fingerprint density at radius 2 is 2.00 bits per heavy atom. The van der Waals surface area contributed by atoms with Gasteiger partial charge in [0.1, 0.15) is 0 Å². The zero-order valence-corrected chi connectivity index (χ0v) is 16.2. The number of carboxylic acid groups (broad SMARTS) is 1. The van der Waals surface area contributed by atoms with Crippen LogP contribution in [0.1, 0.15) is 12.8 Å². The summed E-state index contributed by atoms with van der Waals surface area (Å²) in [6.07, 6.45) is -5.46. The Morgan fingerprint density at radius 3 is 2.58 bits per heavy atom. The molecule has 1 unspecified atom stereocenters. The molecule has 3 atom stereocenters. The molecule has 2 heterocycles. The Labute approximate surface area is 153 Å². The quantitative estimate of drug-likeness (QED) is 0.156. The third kappa shape index (κ3) is 4.20. The van der Waals surface area contributed by atoms with E-state index in [1.807, 2.05) is 0 Å². The molecule has 5 N–H and O–H groups in total. The van der Waals surface area contributed by atoms with Gasteiger partial charge in [0.05, 0.1) is 0 Å². The SMILES string of the molecule is O=C(O)CC1(O)CC(=O)[O][Bi]([O]C2=C(O)C(=O)O[C@@H]2[C@@H](O)CO)[O]C1=O.